The van der Waals surface area contributed by atoms with E-state index in [2.05, 4.69) is 9.97 Å². The Labute approximate surface area is 73.1 Å². The molecule has 0 unspecified atom stereocenters. The normalized spacial score (nSPS) is 10.4. The molecule has 60 valence electrons. The van der Waals surface area contributed by atoms with Crippen molar-refractivity contribution in [3.63, 3.8) is 0 Å². The maximum Gasteiger partial charge on any atom is 0.168 e. The molecule has 0 aromatic carbocycles. The summed E-state index contributed by atoms with van der Waals surface area (Å²) in [5.74, 6) is 0. The van der Waals surface area contributed by atoms with Crippen LogP contribution < -0.4 is 0 Å². The number of aromatic nitrogens is 2. The highest BCUT2D eigenvalue weighted by atomic mass is 32.1. The van der Waals surface area contributed by atoms with Crippen LogP contribution in [-0.2, 0) is 0 Å². The summed E-state index contributed by atoms with van der Waals surface area (Å²) in [5.41, 5.74) is 1.33. The molecule has 0 N–H and O–H groups in total. The molecular formula is C8H6N2OS. The van der Waals surface area contributed by atoms with Crippen molar-refractivity contribution in [2.75, 3.05) is 0 Å². The number of rotatable bonds is 1. The molecule has 0 saturated carbocycles. The zero-order valence-electron chi connectivity index (χ0n) is 6.44. The molecule has 2 rings (SSSR count). The molecular weight excluding hydrogens is 172 g/mol. The zero-order valence-corrected chi connectivity index (χ0v) is 7.26. The number of aryl methyl sites for hydroxylation is 1. The van der Waals surface area contributed by atoms with Crippen molar-refractivity contribution in [3.05, 3.63) is 22.8 Å². The summed E-state index contributed by atoms with van der Waals surface area (Å²) in [7, 11) is 0. The number of aldehydes is 1. The molecule has 12 heavy (non-hydrogen) atoms. The second-order valence-electron chi connectivity index (χ2n) is 2.41. The van der Waals surface area contributed by atoms with Gasteiger partial charge >= 0.3 is 0 Å². The number of nitrogens with zero attached hydrogens (tertiary/aromatic N) is 2. The third-order valence-electron chi connectivity index (χ3n) is 1.50. The summed E-state index contributed by atoms with van der Waals surface area (Å²) >= 11 is 1.50. The molecule has 2 aromatic heterocycles. The fourth-order valence-corrected chi connectivity index (χ4v) is 1.80. The van der Waals surface area contributed by atoms with Crippen LogP contribution in [0.15, 0.2) is 12.1 Å². The second kappa shape index (κ2) is 2.64. The van der Waals surface area contributed by atoms with Gasteiger partial charge in [-0.15, -0.1) is 0 Å². The minimum Gasteiger partial charge on any atom is -0.296 e. The molecule has 0 radical (unpaired) electrons. The fraction of sp³-hybridized carbons (Fsp3) is 0.125. The van der Waals surface area contributed by atoms with Gasteiger partial charge in [0.05, 0.1) is 5.01 Å². The molecule has 0 amide bonds. The Morgan fingerprint density at radius 1 is 1.42 bits per heavy atom. The van der Waals surface area contributed by atoms with Gasteiger partial charge in [0.15, 0.2) is 6.29 Å². The number of fused-ring (bicyclic) bond motifs is 1. The average Bonchev–Trinajstić information content (AvgIpc) is 2.43. The van der Waals surface area contributed by atoms with Crippen LogP contribution in [0, 0.1) is 6.92 Å². The van der Waals surface area contributed by atoms with E-state index in [4.69, 9.17) is 0 Å². The minimum absolute atomic E-state index is 0.464. The fourth-order valence-electron chi connectivity index (χ4n) is 1.01. The lowest BCUT2D eigenvalue weighted by atomic mass is 10.4. The van der Waals surface area contributed by atoms with Gasteiger partial charge in [-0.2, -0.15) is 0 Å². The van der Waals surface area contributed by atoms with E-state index in [1.165, 1.54) is 11.3 Å². The predicted octanol–water partition coefficient (Wildman–Crippen LogP) is 1.81. The smallest absolute Gasteiger partial charge is 0.168 e. The third-order valence-corrected chi connectivity index (χ3v) is 2.39. The van der Waals surface area contributed by atoms with Crippen LogP contribution in [0.25, 0.3) is 10.3 Å². The van der Waals surface area contributed by atoms with Crippen LogP contribution in [0.1, 0.15) is 15.5 Å². The van der Waals surface area contributed by atoms with Gasteiger partial charge in [0.1, 0.15) is 16.0 Å². The van der Waals surface area contributed by atoms with Crippen LogP contribution in [0.3, 0.4) is 0 Å². The first-order chi connectivity index (χ1) is 5.79. The van der Waals surface area contributed by atoms with E-state index in [0.717, 1.165) is 21.6 Å². The van der Waals surface area contributed by atoms with E-state index < -0.39 is 0 Å². The molecule has 0 bridgehead atoms. The summed E-state index contributed by atoms with van der Waals surface area (Å²) in [6, 6.07) is 3.49. The van der Waals surface area contributed by atoms with Crippen LogP contribution >= 0.6 is 11.3 Å². The van der Waals surface area contributed by atoms with Crippen LogP contribution in [0.4, 0.5) is 0 Å². The van der Waals surface area contributed by atoms with E-state index in [0.29, 0.717) is 5.69 Å². The maximum atomic E-state index is 10.4. The van der Waals surface area contributed by atoms with Crippen molar-refractivity contribution < 1.29 is 4.79 Å². The van der Waals surface area contributed by atoms with E-state index in [1.807, 2.05) is 13.0 Å². The van der Waals surface area contributed by atoms with Crippen LogP contribution in [0.2, 0.25) is 0 Å². The highest BCUT2D eigenvalue weighted by molar-refractivity contribution is 7.18. The predicted molar refractivity (Wildman–Crippen MR) is 47.5 cm³/mol. The Hall–Kier alpha value is -1.29. The summed E-state index contributed by atoms with van der Waals surface area (Å²) in [4.78, 5) is 19.5. The number of thiazole rings is 1. The number of hydrogen-bond acceptors (Lipinski definition) is 4. The average molecular weight is 178 g/mol. The Morgan fingerprint density at radius 3 is 3.00 bits per heavy atom. The van der Waals surface area contributed by atoms with E-state index >= 15 is 0 Å². The van der Waals surface area contributed by atoms with E-state index in [1.54, 1.807) is 6.07 Å². The third kappa shape index (κ3) is 1.10. The van der Waals surface area contributed by atoms with Crippen LogP contribution in [0.5, 0.6) is 0 Å². The molecule has 2 heterocycles. The highest BCUT2D eigenvalue weighted by Crippen LogP contribution is 2.18. The van der Waals surface area contributed by atoms with Gasteiger partial charge in [-0.05, 0) is 19.1 Å². The Bertz CT molecular complexity index is 436. The molecule has 4 heteroatoms. The lowest BCUT2D eigenvalue weighted by Gasteiger charge is -1.87. The molecule has 0 fully saturated rings. The highest BCUT2D eigenvalue weighted by Gasteiger charge is 2.01. The van der Waals surface area contributed by atoms with Gasteiger partial charge in [-0.25, -0.2) is 9.97 Å². The van der Waals surface area contributed by atoms with E-state index in [9.17, 15) is 4.79 Å². The van der Waals surface area contributed by atoms with Crippen molar-refractivity contribution in [1.82, 2.24) is 9.97 Å². The quantitative estimate of drug-likeness (QED) is 0.625. The summed E-state index contributed by atoms with van der Waals surface area (Å²) in [5, 5.41) is 0.973. The van der Waals surface area contributed by atoms with Crippen molar-refractivity contribution in [2.45, 2.75) is 6.92 Å². The number of pyridine rings is 1. The van der Waals surface area contributed by atoms with Gasteiger partial charge < -0.3 is 0 Å². The Kier molecular flexibility index (Phi) is 1.62. The SMILES string of the molecule is Cc1nc2ccc(C=O)nc2s1. The maximum absolute atomic E-state index is 10.4. The Balaban J connectivity index is 2.74. The van der Waals surface area contributed by atoms with Gasteiger partial charge in [-0.3, -0.25) is 4.79 Å². The zero-order chi connectivity index (χ0) is 8.55. The molecule has 0 aliphatic heterocycles. The van der Waals surface area contributed by atoms with Crippen molar-refractivity contribution >= 4 is 28.0 Å². The van der Waals surface area contributed by atoms with Gasteiger partial charge in [0, 0.05) is 0 Å². The first-order valence-corrected chi connectivity index (χ1v) is 4.30. The topological polar surface area (TPSA) is 42.9 Å². The molecule has 0 aliphatic rings. The number of hydrogen-bond donors (Lipinski definition) is 0. The largest absolute Gasteiger partial charge is 0.296 e. The van der Waals surface area contributed by atoms with Crippen LogP contribution in [-0.4, -0.2) is 16.3 Å². The molecule has 0 atom stereocenters. The lowest BCUT2D eigenvalue weighted by molar-refractivity contribution is 0.111. The summed E-state index contributed by atoms with van der Waals surface area (Å²) in [6.45, 7) is 1.92. The monoisotopic (exact) mass is 178 g/mol. The molecule has 0 saturated heterocycles. The molecule has 0 aliphatic carbocycles. The van der Waals surface area contributed by atoms with Crippen molar-refractivity contribution in [1.29, 1.82) is 0 Å². The first kappa shape index (κ1) is 7.36. The number of carbonyl (C=O) groups excluding carboxylic acids is 1. The summed E-state index contributed by atoms with van der Waals surface area (Å²) in [6.07, 6.45) is 0.745. The molecule has 0 spiro atoms. The molecule has 3 nitrogen and oxygen atoms in total. The van der Waals surface area contributed by atoms with Gasteiger partial charge in [0.25, 0.3) is 0 Å². The minimum atomic E-state index is 0.464. The number of carbonyl (C=O) groups is 1. The Morgan fingerprint density at radius 2 is 2.25 bits per heavy atom. The van der Waals surface area contributed by atoms with Gasteiger partial charge in [-0.1, -0.05) is 11.3 Å². The van der Waals surface area contributed by atoms with E-state index in [-0.39, 0.29) is 0 Å². The molecule has 2 aromatic rings. The standard InChI is InChI=1S/C8H6N2OS/c1-5-9-7-3-2-6(4-11)10-8(7)12-5/h2-4H,1H3. The van der Waals surface area contributed by atoms with Crippen molar-refractivity contribution in [2.24, 2.45) is 0 Å². The first-order valence-electron chi connectivity index (χ1n) is 3.49. The van der Waals surface area contributed by atoms with Crippen molar-refractivity contribution in [3.8, 4) is 0 Å². The van der Waals surface area contributed by atoms with Gasteiger partial charge in [0.2, 0.25) is 0 Å². The lowest BCUT2D eigenvalue weighted by Crippen LogP contribution is -1.83. The summed E-state index contributed by atoms with van der Waals surface area (Å²) < 4.78 is 0. The second-order valence-corrected chi connectivity index (χ2v) is 3.59.